The molecular formula is C23H26F3N3O2. The summed E-state index contributed by atoms with van der Waals surface area (Å²) in [5.41, 5.74) is -0.184. The van der Waals surface area contributed by atoms with Gasteiger partial charge in [-0.1, -0.05) is 31.5 Å². The van der Waals surface area contributed by atoms with Crippen LogP contribution >= 0.6 is 0 Å². The molecule has 0 amide bonds. The summed E-state index contributed by atoms with van der Waals surface area (Å²) in [7, 11) is 0. The van der Waals surface area contributed by atoms with Crippen molar-refractivity contribution in [2.75, 3.05) is 6.61 Å². The molecule has 8 heteroatoms. The van der Waals surface area contributed by atoms with E-state index in [0.717, 1.165) is 28.5 Å². The number of benzene rings is 1. The smallest absolute Gasteiger partial charge is 0.431 e. The maximum Gasteiger partial charge on any atom is 0.431 e. The van der Waals surface area contributed by atoms with Crippen LogP contribution in [0.3, 0.4) is 0 Å². The van der Waals surface area contributed by atoms with Crippen LogP contribution in [-0.2, 0) is 18.4 Å². The van der Waals surface area contributed by atoms with E-state index in [2.05, 4.69) is 15.3 Å². The summed E-state index contributed by atoms with van der Waals surface area (Å²) < 4.78 is 47.9. The number of aromatic amines is 1. The van der Waals surface area contributed by atoms with Gasteiger partial charge in [-0.2, -0.15) is 13.2 Å². The summed E-state index contributed by atoms with van der Waals surface area (Å²) in [6.45, 7) is 5.66. The molecule has 3 heterocycles. The van der Waals surface area contributed by atoms with Gasteiger partial charge >= 0.3 is 6.18 Å². The first kappa shape index (κ1) is 21.6. The van der Waals surface area contributed by atoms with Gasteiger partial charge in [0.05, 0.1) is 18.3 Å². The molecular weight excluding hydrogens is 407 g/mol. The lowest BCUT2D eigenvalue weighted by Gasteiger charge is -2.39. The summed E-state index contributed by atoms with van der Waals surface area (Å²) >= 11 is 0. The van der Waals surface area contributed by atoms with Crippen LogP contribution in [0.25, 0.3) is 10.9 Å². The van der Waals surface area contributed by atoms with Gasteiger partial charge < -0.3 is 14.8 Å². The van der Waals surface area contributed by atoms with E-state index in [0.29, 0.717) is 23.6 Å². The molecule has 166 valence electrons. The number of pyridine rings is 1. The standard InChI is InChI=1S/C23H26F3N3O2/c1-14-8-16-5-7-31-20(16)18(9-14)21(2,3)13-22(30,23(24,25)26)28-11-17-10-15-4-6-27-12-19(15)29-17/h4,6,8-10,12,28-30H,5,7,11,13H2,1-3H3. The van der Waals surface area contributed by atoms with Crippen molar-refractivity contribution in [1.82, 2.24) is 15.3 Å². The third kappa shape index (κ3) is 4.14. The number of hydrogen-bond acceptors (Lipinski definition) is 4. The number of aliphatic hydroxyl groups is 1. The van der Waals surface area contributed by atoms with E-state index < -0.39 is 23.7 Å². The maximum atomic E-state index is 14.0. The van der Waals surface area contributed by atoms with Crippen LogP contribution in [0.1, 0.15) is 42.7 Å². The van der Waals surface area contributed by atoms with Crippen LogP contribution in [0.15, 0.2) is 36.7 Å². The van der Waals surface area contributed by atoms with E-state index in [1.165, 1.54) is 0 Å². The molecule has 0 fully saturated rings. The molecule has 0 aliphatic carbocycles. The maximum absolute atomic E-state index is 14.0. The molecule has 0 spiro atoms. The van der Waals surface area contributed by atoms with Crippen molar-refractivity contribution in [2.24, 2.45) is 0 Å². The van der Waals surface area contributed by atoms with Gasteiger partial charge in [0.2, 0.25) is 5.72 Å². The molecule has 0 saturated heterocycles. The number of alkyl halides is 3. The minimum absolute atomic E-state index is 0.177. The van der Waals surface area contributed by atoms with Crippen LogP contribution in [0.4, 0.5) is 13.2 Å². The van der Waals surface area contributed by atoms with Gasteiger partial charge in [-0.15, -0.1) is 0 Å². The highest BCUT2D eigenvalue weighted by Gasteiger charge is 2.56. The Morgan fingerprint density at radius 2 is 2.00 bits per heavy atom. The molecule has 1 aromatic carbocycles. The van der Waals surface area contributed by atoms with Crippen molar-refractivity contribution in [1.29, 1.82) is 0 Å². The molecule has 31 heavy (non-hydrogen) atoms. The second-order valence-corrected chi connectivity index (χ2v) is 8.93. The van der Waals surface area contributed by atoms with Gasteiger partial charge in [-0.25, -0.2) is 0 Å². The Morgan fingerprint density at radius 1 is 1.23 bits per heavy atom. The monoisotopic (exact) mass is 433 g/mol. The highest BCUT2D eigenvalue weighted by atomic mass is 19.4. The van der Waals surface area contributed by atoms with Crippen LogP contribution in [0.2, 0.25) is 0 Å². The fourth-order valence-corrected chi connectivity index (χ4v) is 4.34. The summed E-state index contributed by atoms with van der Waals surface area (Å²) in [6, 6.07) is 7.37. The lowest BCUT2D eigenvalue weighted by Crippen LogP contribution is -2.59. The van der Waals surface area contributed by atoms with Crippen molar-refractivity contribution < 1.29 is 23.0 Å². The first-order chi connectivity index (χ1) is 14.5. The highest BCUT2D eigenvalue weighted by molar-refractivity contribution is 5.79. The fourth-order valence-electron chi connectivity index (χ4n) is 4.34. The quantitative estimate of drug-likeness (QED) is 0.500. The zero-order valence-electron chi connectivity index (χ0n) is 17.7. The molecule has 0 saturated carbocycles. The minimum Gasteiger partial charge on any atom is -0.493 e. The SMILES string of the molecule is Cc1cc2c(c(C(C)(C)CC(O)(NCc3cc4ccncc4[nH]3)C(F)(F)F)c1)OCC2. The Morgan fingerprint density at radius 3 is 2.71 bits per heavy atom. The van der Waals surface area contributed by atoms with Crippen LogP contribution in [0, 0.1) is 6.92 Å². The Balaban J connectivity index is 1.61. The molecule has 1 unspecified atom stereocenters. The van der Waals surface area contributed by atoms with Gasteiger partial charge in [-0.3, -0.25) is 10.3 Å². The van der Waals surface area contributed by atoms with Gasteiger partial charge in [0.25, 0.3) is 0 Å². The Kier molecular flexibility index (Phi) is 5.26. The Hall–Kier alpha value is -2.58. The largest absolute Gasteiger partial charge is 0.493 e. The predicted molar refractivity (Wildman–Crippen MR) is 112 cm³/mol. The first-order valence-corrected chi connectivity index (χ1v) is 10.2. The predicted octanol–water partition coefficient (Wildman–Crippen LogP) is 4.51. The number of halogens is 3. The second kappa shape index (κ2) is 7.53. The number of nitrogens with one attached hydrogen (secondary N) is 2. The number of rotatable bonds is 6. The number of H-pyrrole nitrogens is 1. The molecule has 3 aromatic rings. The number of fused-ring (bicyclic) bond motifs is 2. The average molecular weight is 433 g/mol. The molecule has 4 rings (SSSR count). The third-order valence-electron chi connectivity index (χ3n) is 5.87. The zero-order valence-corrected chi connectivity index (χ0v) is 17.7. The third-order valence-corrected chi connectivity index (χ3v) is 5.87. The second-order valence-electron chi connectivity index (χ2n) is 8.93. The zero-order chi connectivity index (χ0) is 22.4. The molecule has 3 N–H and O–H groups in total. The van der Waals surface area contributed by atoms with Crippen LogP contribution in [0.5, 0.6) is 5.75 Å². The van der Waals surface area contributed by atoms with E-state index in [-0.39, 0.29) is 6.54 Å². The Labute approximate surface area is 178 Å². The summed E-state index contributed by atoms with van der Waals surface area (Å²) in [4.78, 5) is 7.03. The van der Waals surface area contributed by atoms with Crippen molar-refractivity contribution >= 4 is 10.9 Å². The van der Waals surface area contributed by atoms with E-state index in [9.17, 15) is 18.3 Å². The number of ether oxygens (including phenoxy) is 1. The molecule has 1 atom stereocenters. The molecule has 0 radical (unpaired) electrons. The van der Waals surface area contributed by atoms with Gasteiger partial charge in [-0.05, 0) is 30.0 Å². The minimum atomic E-state index is -4.87. The van der Waals surface area contributed by atoms with Crippen molar-refractivity contribution in [3.05, 3.63) is 59.0 Å². The first-order valence-electron chi connectivity index (χ1n) is 10.2. The number of hydrogen-bond donors (Lipinski definition) is 3. The molecule has 2 aromatic heterocycles. The van der Waals surface area contributed by atoms with Gasteiger partial charge in [0, 0.05) is 42.2 Å². The molecule has 0 bridgehead atoms. The topological polar surface area (TPSA) is 70.2 Å². The number of nitrogens with zero attached hydrogens (tertiary/aromatic N) is 1. The van der Waals surface area contributed by atoms with E-state index in [1.807, 2.05) is 19.1 Å². The number of aromatic nitrogens is 2. The van der Waals surface area contributed by atoms with Crippen molar-refractivity contribution in [3.63, 3.8) is 0 Å². The normalized spacial score (nSPS) is 16.2. The average Bonchev–Trinajstić information content (AvgIpc) is 3.30. The van der Waals surface area contributed by atoms with E-state index >= 15 is 0 Å². The van der Waals surface area contributed by atoms with Crippen LogP contribution in [-0.4, -0.2) is 33.6 Å². The van der Waals surface area contributed by atoms with E-state index in [1.54, 1.807) is 38.4 Å². The van der Waals surface area contributed by atoms with Crippen molar-refractivity contribution in [3.8, 4) is 5.75 Å². The van der Waals surface area contributed by atoms with E-state index in [4.69, 9.17) is 4.74 Å². The highest BCUT2D eigenvalue weighted by Crippen LogP contribution is 2.45. The lowest BCUT2D eigenvalue weighted by atomic mass is 9.76. The summed E-state index contributed by atoms with van der Waals surface area (Å²) in [6.07, 6.45) is -1.48. The van der Waals surface area contributed by atoms with Gasteiger partial charge in [0.1, 0.15) is 5.75 Å². The van der Waals surface area contributed by atoms with Gasteiger partial charge in [0.15, 0.2) is 0 Å². The summed E-state index contributed by atoms with van der Waals surface area (Å²) in [5.74, 6) is 0.642. The number of aryl methyl sites for hydroxylation is 1. The molecule has 1 aliphatic rings. The molecule has 1 aliphatic heterocycles. The fraction of sp³-hybridized carbons (Fsp3) is 0.435. The molecule has 5 nitrogen and oxygen atoms in total. The van der Waals surface area contributed by atoms with Crippen molar-refractivity contribution in [2.45, 2.75) is 57.5 Å². The lowest BCUT2D eigenvalue weighted by molar-refractivity contribution is -0.280. The summed E-state index contributed by atoms with van der Waals surface area (Å²) in [5, 5.41) is 14.0. The Bertz CT molecular complexity index is 1070. The van der Waals surface area contributed by atoms with Crippen LogP contribution < -0.4 is 10.1 Å².